The Labute approximate surface area is 131 Å². The monoisotopic (exact) mass is 246 g/mol. The summed E-state index contributed by atoms with van der Waals surface area (Å²) in [5.41, 5.74) is 0.256. The summed E-state index contributed by atoms with van der Waals surface area (Å²) in [6.07, 6.45) is 0. The van der Waals surface area contributed by atoms with E-state index in [9.17, 15) is 8.42 Å². The second-order valence-corrected chi connectivity index (χ2v) is 2.79. The van der Waals surface area contributed by atoms with E-state index in [0.717, 1.165) is 0 Å². The van der Waals surface area contributed by atoms with Gasteiger partial charge in [0.25, 0.3) is 0 Å². The Balaban J connectivity index is 0.00000196. The summed E-state index contributed by atoms with van der Waals surface area (Å²) in [6, 6.07) is 7.36. The Morgan fingerprint density at radius 1 is 1.13 bits per heavy atom. The van der Waals surface area contributed by atoms with E-state index >= 15 is 0 Å². The van der Waals surface area contributed by atoms with Gasteiger partial charge < -0.3 is 12.6 Å². The fourth-order valence-electron chi connectivity index (χ4n) is 0.844. The van der Waals surface area contributed by atoms with Crippen LogP contribution in [0.25, 0.3) is 0 Å². The quantitative estimate of drug-likeness (QED) is 0.446. The molecule has 0 heterocycles. The molecule has 0 fully saturated rings. The van der Waals surface area contributed by atoms with E-state index in [1.54, 1.807) is 12.1 Å². The molecule has 0 aliphatic carbocycles. The Kier molecular flexibility index (Phi) is 6.77. The molecule has 0 unspecified atom stereocenters. The maximum absolute atomic E-state index is 10.2. The molecule has 1 rings (SSSR count). The smallest absolute Gasteiger partial charge is 0.533 e. The Bertz CT molecular complexity index is 506. The first kappa shape index (κ1) is 14.6. The largest absolute Gasteiger partial charge is 1.00 e. The van der Waals surface area contributed by atoms with Crippen LogP contribution in [0.4, 0.5) is 0 Å². The van der Waals surface area contributed by atoms with Gasteiger partial charge in [0.1, 0.15) is 28.9 Å². The van der Waals surface area contributed by atoms with Gasteiger partial charge in [-0.2, -0.15) is 10.5 Å². The van der Waals surface area contributed by atoms with Crippen molar-refractivity contribution in [2.75, 3.05) is 0 Å². The molecule has 0 bridgehead atoms. The third-order valence-electron chi connectivity index (χ3n) is 1.40. The van der Waals surface area contributed by atoms with Crippen molar-refractivity contribution >= 4 is 11.0 Å². The van der Waals surface area contributed by atoms with Gasteiger partial charge in [-0.15, -0.1) is 0 Å². The third-order valence-corrected chi connectivity index (χ3v) is 1.72. The number of benzene rings is 1. The van der Waals surface area contributed by atoms with Crippen LogP contribution >= 0.6 is 0 Å². The van der Waals surface area contributed by atoms with Gasteiger partial charge in [-0.3, -0.25) is 0 Å². The molecule has 0 amide bonds. The predicted molar refractivity (Wildman–Crippen MR) is 45.2 cm³/mol. The fraction of sp³-hybridized carbons (Fsp3) is 0. The molecule has 1 aromatic rings. The summed E-state index contributed by atoms with van der Waals surface area (Å²) in [4.78, 5) is 0. The molecule has 0 aliphatic heterocycles. The van der Waals surface area contributed by atoms with Crippen molar-refractivity contribution in [2.45, 2.75) is 0 Å². The molecular formula is C8H3KN2O3S. The van der Waals surface area contributed by atoms with E-state index in [4.69, 9.17) is 10.5 Å². The van der Waals surface area contributed by atoms with Gasteiger partial charge in [0.15, 0.2) is 0 Å². The van der Waals surface area contributed by atoms with Gasteiger partial charge in [0, 0.05) is 0 Å². The minimum Gasteiger partial charge on any atom is -0.533 e. The van der Waals surface area contributed by atoms with E-state index in [0.29, 0.717) is 0 Å². The molecule has 0 aromatic heterocycles. The fourth-order valence-corrected chi connectivity index (χ4v) is 1.10. The Morgan fingerprint density at radius 2 is 1.73 bits per heavy atom. The molecule has 0 atom stereocenters. The van der Waals surface area contributed by atoms with Crippen LogP contribution in [0.15, 0.2) is 18.2 Å². The topological polar surface area (TPSA) is 90.9 Å². The van der Waals surface area contributed by atoms with Gasteiger partial charge in [-0.05, 0) is 18.2 Å². The normalized spacial score (nSPS) is 8.47. The minimum absolute atomic E-state index is 0. The summed E-state index contributed by atoms with van der Waals surface area (Å²) in [5, 5.41) is 17.2. The second kappa shape index (κ2) is 6.96. The third kappa shape index (κ3) is 4.30. The van der Waals surface area contributed by atoms with Gasteiger partial charge in [0.05, 0.1) is 11.1 Å². The SMILES string of the molecule is N#Cc1ccc(O[S-](=O)=O)cc1C#N.[K+]. The van der Waals surface area contributed by atoms with Gasteiger partial charge in [-0.25, -0.2) is 0 Å². The first-order valence-electron chi connectivity index (χ1n) is 3.39. The number of nitriles is 2. The zero-order chi connectivity index (χ0) is 10.6. The first-order chi connectivity index (χ1) is 6.67. The molecule has 0 radical (unpaired) electrons. The maximum atomic E-state index is 10.2. The van der Waals surface area contributed by atoms with E-state index < -0.39 is 11.0 Å². The summed E-state index contributed by atoms with van der Waals surface area (Å²) < 4.78 is 24.6. The summed E-state index contributed by atoms with van der Waals surface area (Å²) in [5.74, 6) is 0.00823. The molecule has 1 aromatic carbocycles. The molecule has 0 saturated heterocycles. The van der Waals surface area contributed by atoms with Gasteiger partial charge in [0.2, 0.25) is 0 Å². The van der Waals surface area contributed by atoms with Crippen molar-refractivity contribution < 1.29 is 64.0 Å². The molecule has 5 nitrogen and oxygen atoms in total. The summed E-state index contributed by atoms with van der Waals surface area (Å²) in [6.45, 7) is 0. The average molecular weight is 246 g/mol. The molecular weight excluding hydrogens is 243 g/mol. The van der Waals surface area contributed by atoms with Crippen molar-refractivity contribution in [3.05, 3.63) is 29.3 Å². The number of hydrogen-bond donors (Lipinski definition) is 0. The van der Waals surface area contributed by atoms with Gasteiger partial charge >= 0.3 is 51.4 Å². The van der Waals surface area contributed by atoms with Crippen LogP contribution in [0.5, 0.6) is 5.75 Å². The van der Waals surface area contributed by atoms with Gasteiger partial charge in [-0.1, -0.05) is 0 Å². The van der Waals surface area contributed by atoms with Crippen molar-refractivity contribution in [2.24, 2.45) is 0 Å². The standard InChI is InChI=1S/C8H3N2O3S.K/c9-4-6-1-2-8(13-14(11)12)3-7(6)5-10;/h1-3H;/q-1;+1. The van der Waals surface area contributed by atoms with E-state index in [1.165, 1.54) is 18.2 Å². The molecule has 0 N–H and O–H groups in total. The van der Waals surface area contributed by atoms with Crippen LogP contribution in [0.1, 0.15) is 11.1 Å². The van der Waals surface area contributed by atoms with Crippen molar-refractivity contribution in [3.63, 3.8) is 0 Å². The number of rotatable bonds is 2. The second-order valence-electron chi connectivity index (χ2n) is 2.22. The maximum Gasteiger partial charge on any atom is 1.00 e. The first-order valence-corrected chi connectivity index (χ1v) is 4.39. The van der Waals surface area contributed by atoms with Crippen LogP contribution in [0.3, 0.4) is 0 Å². The molecule has 15 heavy (non-hydrogen) atoms. The van der Waals surface area contributed by atoms with Crippen LogP contribution in [0.2, 0.25) is 0 Å². The van der Waals surface area contributed by atoms with Crippen LogP contribution in [-0.4, -0.2) is 0 Å². The van der Waals surface area contributed by atoms with E-state index in [2.05, 4.69) is 4.18 Å². The van der Waals surface area contributed by atoms with Crippen molar-refractivity contribution in [1.82, 2.24) is 0 Å². The van der Waals surface area contributed by atoms with Crippen molar-refractivity contribution in [3.8, 4) is 17.9 Å². The van der Waals surface area contributed by atoms with E-state index in [1.807, 2.05) is 0 Å². The molecule has 0 aliphatic rings. The average Bonchev–Trinajstić information content (AvgIpc) is 2.16. The summed E-state index contributed by atoms with van der Waals surface area (Å²) in [7, 11) is -2.68. The summed E-state index contributed by atoms with van der Waals surface area (Å²) >= 11 is 0. The molecule has 0 saturated carbocycles. The van der Waals surface area contributed by atoms with Crippen LogP contribution in [-0.2, 0) is 19.4 Å². The molecule has 70 valence electrons. The van der Waals surface area contributed by atoms with Crippen LogP contribution in [0, 0.1) is 22.7 Å². The van der Waals surface area contributed by atoms with E-state index in [-0.39, 0.29) is 68.3 Å². The zero-order valence-electron chi connectivity index (χ0n) is 7.76. The number of nitrogens with zero attached hydrogens (tertiary/aromatic N) is 2. The van der Waals surface area contributed by atoms with Crippen molar-refractivity contribution in [1.29, 1.82) is 10.5 Å². The Morgan fingerprint density at radius 3 is 2.20 bits per heavy atom. The molecule has 7 heteroatoms. The zero-order valence-corrected chi connectivity index (χ0v) is 11.7. The molecule has 0 spiro atoms. The number of hydrogen-bond acceptors (Lipinski definition) is 6. The predicted octanol–water partition coefficient (Wildman–Crippen LogP) is -1.96. The minimum atomic E-state index is -2.68. The van der Waals surface area contributed by atoms with Crippen LogP contribution < -0.4 is 55.6 Å². The Hall–Kier alpha value is -0.414.